The lowest BCUT2D eigenvalue weighted by Crippen LogP contribution is -2.47. The second-order valence-electron chi connectivity index (χ2n) is 6.63. The molecule has 1 aliphatic rings. The Balaban J connectivity index is 2.07. The minimum atomic E-state index is -3.80. The summed E-state index contributed by atoms with van der Waals surface area (Å²) in [7, 11) is -3.80. The first-order valence-electron chi connectivity index (χ1n) is 8.62. The van der Waals surface area contributed by atoms with E-state index >= 15 is 0 Å². The molecule has 146 valence electrons. The van der Waals surface area contributed by atoms with Crippen LogP contribution in [0, 0.1) is 5.82 Å². The fourth-order valence-electron chi connectivity index (χ4n) is 2.71. The van der Waals surface area contributed by atoms with Gasteiger partial charge in [-0.3, -0.25) is 9.69 Å². The Morgan fingerprint density at radius 1 is 1.27 bits per heavy atom. The number of amides is 1. The summed E-state index contributed by atoms with van der Waals surface area (Å²) in [5, 5.41) is 2.68. The Kier molecular flexibility index (Phi) is 7.10. The third-order valence-corrected chi connectivity index (χ3v) is 5.77. The van der Waals surface area contributed by atoms with E-state index in [0.717, 1.165) is 31.3 Å². The lowest BCUT2D eigenvalue weighted by Gasteiger charge is -2.32. The lowest BCUT2D eigenvalue weighted by atomic mass is 10.2. The molecule has 9 heteroatoms. The zero-order valence-corrected chi connectivity index (χ0v) is 16.1. The van der Waals surface area contributed by atoms with E-state index in [0.29, 0.717) is 19.8 Å². The molecule has 1 atom stereocenters. The van der Waals surface area contributed by atoms with Crippen LogP contribution in [0.5, 0.6) is 0 Å². The van der Waals surface area contributed by atoms with Crippen molar-refractivity contribution in [3.05, 3.63) is 29.6 Å². The number of morpholine rings is 1. The second-order valence-corrected chi connectivity index (χ2v) is 8.34. The minimum Gasteiger partial charge on any atom is -0.379 e. The van der Waals surface area contributed by atoms with Crippen LogP contribution in [0.1, 0.15) is 31.1 Å². The molecule has 1 heterocycles. The van der Waals surface area contributed by atoms with Gasteiger partial charge in [-0.2, -0.15) is 0 Å². The van der Waals surface area contributed by atoms with Gasteiger partial charge in [-0.1, -0.05) is 0 Å². The molecule has 0 saturated carbocycles. The highest BCUT2D eigenvalue weighted by Crippen LogP contribution is 2.16. The first-order valence-corrected chi connectivity index (χ1v) is 10.1. The Morgan fingerprint density at radius 3 is 2.54 bits per heavy atom. The largest absolute Gasteiger partial charge is 0.379 e. The molecule has 1 unspecified atom stereocenters. The van der Waals surface area contributed by atoms with Gasteiger partial charge >= 0.3 is 0 Å². The Bertz CT molecular complexity index is 734. The van der Waals surface area contributed by atoms with Crippen LogP contribution in [0.4, 0.5) is 4.39 Å². The van der Waals surface area contributed by atoms with Crippen molar-refractivity contribution in [2.45, 2.75) is 37.8 Å². The van der Waals surface area contributed by atoms with Crippen molar-refractivity contribution in [3.8, 4) is 0 Å². The van der Waals surface area contributed by atoms with Gasteiger partial charge in [-0.15, -0.1) is 0 Å². The summed E-state index contributed by atoms with van der Waals surface area (Å²) in [6.07, 6.45) is 0. The molecule has 1 amide bonds. The molecule has 1 saturated heterocycles. The van der Waals surface area contributed by atoms with Gasteiger partial charge in [0.1, 0.15) is 5.82 Å². The van der Waals surface area contributed by atoms with Gasteiger partial charge in [0.15, 0.2) is 0 Å². The standard InChI is InChI=1S/C17H26FN3O4S/c1-12(2)20-26(23,24)14-4-5-16(18)15(10-14)17(22)19-11-13(3)21-6-8-25-9-7-21/h4-5,10,12-13,20H,6-9,11H2,1-3H3,(H,19,22). The second kappa shape index (κ2) is 8.90. The molecular formula is C17H26FN3O4S. The number of hydrogen-bond donors (Lipinski definition) is 2. The maximum atomic E-state index is 14.0. The number of halogens is 1. The summed E-state index contributed by atoms with van der Waals surface area (Å²) in [5.41, 5.74) is -0.286. The van der Waals surface area contributed by atoms with E-state index in [1.165, 1.54) is 0 Å². The molecule has 0 radical (unpaired) electrons. The molecule has 0 bridgehead atoms. The van der Waals surface area contributed by atoms with Crippen LogP contribution in [0.25, 0.3) is 0 Å². The molecule has 1 aromatic rings. The third-order valence-electron chi connectivity index (χ3n) is 4.11. The van der Waals surface area contributed by atoms with E-state index in [4.69, 9.17) is 4.74 Å². The fraction of sp³-hybridized carbons (Fsp3) is 0.588. The summed E-state index contributed by atoms with van der Waals surface area (Å²) in [5.74, 6) is -1.39. The van der Waals surface area contributed by atoms with E-state index in [1.54, 1.807) is 13.8 Å². The summed E-state index contributed by atoms with van der Waals surface area (Å²) < 4.78 is 46.2. The van der Waals surface area contributed by atoms with E-state index in [2.05, 4.69) is 14.9 Å². The van der Waals surface area contributed by atoms with Crippen molar-refractivity contribution in [1.29, 1.82) is 0 Å². The summed E-state index contributed by atoms with van der Waals surface area (Å²) in [6.45, 7) is 8.52. The Morgan fingerprint density at radius 2 is 1.92 bits per heavy atom. The lowest BCUT2D eigenvalue weighted by molar-refractivity contribution is 0.0204. The van der Waals surface area contributed by atoms with Crippen molar-refractivity contribution in [2.75, 3.05) is 32.8 Å². The molecule has 26 heavy (non-hydrogen) atoms. The molecule has 1 aliphatic heterocycles. The van der Waals surface area contributed by atoms with Gasteiger partial charge in [0.2, 0.25) is 10.0 Å². The van der Waals surface area contributed by atoms with Gasteiger partial charge in [0.05, 0.1) is 23.7 Å². The van der Waals surface area contributed by atoms with Crippen LogP contribution >= 0.6 is 0 Å². The molecule has 1 fully saturated rings. The van der Waals surface area contributed by atoms with Crippen molar-refractivity contribution in [3.63, 3.8) is 0 Å². The topological polar surface area (TPSA) is 87.7 Å². The third kappa shape index (κ3) is 5.47. The zero-order valence-electron chi connectivity index (χ0n) is 15.3. The maximum absolute atomic E-state index is 14.0. The zero-order chi connectivity index (χ0) is 19.3. The fourth-order valence-corrected chi connectivity index (χ4v) is 3.98. The van der Waals surface area contributed by atoms with Crippen LogP contribution in [-0.2, 0) is 14.8 Å². The average Bonchev–Trinajstić information content (AvgIpc) is 2.59. The van der Waals surface area contributed by atoms with Crippen LogP contribution in [0.15, 0.2) is 23.1 Å². The molecule has 0 aromatic heterocycles. The van der Waals surface area contributed by atoms with E-state index < -0.39 is 21.7 Å². The number of carbonyl (C=O) groups is 1. The monoisotopic (exact) mass is 387 g/mol. The average molecular weight is 387 g/mol. The molecule has 0 spiro atoms. The number of nitrogens with one attached hydrogen (secondary N) is 2. The Hall–Kier alpha value is -1.55. The smallest absolute Gasteiger partial charge is 0.254 e. The molecule has 1 aromatic carbocycles. The highest BCUT2D eigenvalue weighted by molar-refractivity contribution is 7.89. The SMILES string of the molecule is CC(C)NS(=O)(=O)c1ccc(F)c(C(=O)NCC(C)N2CCOCC2)c1. The molecular weight excluding hydrogens is 361 g/mol. The predicted molar refractivity (Wildman–Crippen MR) is 96.0 cm³/mol. The molecule has 0 aliphatic carbocycles. The van der Waals surface area contributed by atoms with Crippen LogP contribution in [-0.4, -0.2) is 64.2 Å². The van der Waals surface area contributed by atoms with Crippen molar-refractivity contribution >= 4 is 15.9 Å². The van der Waals surface area contributed by atoms with Gasteiger partial charge in [-0.05, 0) is 39.0 Å². The van der Waals surface area contributed by atoms with Crippen molar-refractivity contribution < 1.29 is 22.3 Å². The first-order chi connectivity index (χ1) is 12.2. The van der Waals surface area contributed by atoms with E-state index in [-0.39, 0.29) is 22.5 Å². The Labute approximate surface area is 154 Å². The molecule has 2 rings (SSSR count). The maximum Gasteiger partial charge on any atom is 0.254 e. The van der Waals surface area contributed by atoms with Gasteiger partial charge in [-0.25, -0.2) is 17.5 Å². The van der Waals surface area contributed by atoms with Crippen LogP contribution in [0.3, 0.4) is 0 Å². The van der Waals surface area contributed by atoms with Gasteiger partial charge in [0, 0.05) is 31.7 Å². The number of benzene rings is 1. The van der Waals surface area contributed by atoms with Crippen molar-refractivity contribution in [2.24, 2.45) is 0 Å². The van der Waals surface area contributed by atoms with Crippen LogP contribution < -0.4 is 10.0 Å². The number of sulfonamides is 1. The van der Waals surface area contributed by atoms with Gasteiger partial charge < -0.3 is 10.1 Å². The van der Waals surface area contributed by atoms with Crippen molar-refractivity contribution in [1.82, 2.24) is 14.9 Å². The normalized spacial score (nSPS) is 17.3. The predicted octanol–water partition coefficient (Wildman–Crippen LogP) is 0.963. The number of carbonyl (C=O) groups excluding carboxylic acids is 1. The van der Waals surface area contributed by atoms with Crippen LogP contribution in [0.2, 0.25) is 0 Å². The summed E-state index contributed by atoms with van der Waals surface area (Å²) in [6, 6.07) is 2.97. The number of hydrogen-bond acceptors (Lipinski definition) is 5. The van der Waals surface area contributed by atoms with E-state index in [9.17, 15) is 17.6 Å². The highest BCUT2D eigenvalue weighted by Gasteiger charge is 2.22. The molecule has 7 nitrogen and oxygen atoms in total. The quantitative estimate of drug-likeness (QED) is 0.728. The molecule has 2 N–H and O–H groups in total. The summed E-state index contributed by atoms with van der Waals surface area (Å²) in [4.78, 5) is 14.4. The van der Waals surface area contributed by atoms with E-state index in [1.807, 2.05) is 6.92 Å². The highest BCUT2D eigenvalue weighted by atomic mass is 32.2. The summed E-state index contributed by atoms with van der Waals surface area (Å²) >= 11 is 0. The number of ether oxygens (including phenoxy) is 1. The first kappa shape index (κ1) is 20.8. The number of nitrogens with zero attached hydrogens (tertiary/aromatic N) is 1. The van der Waals surface area contributed by atoms with Gasteiger partial charge in [0.25, 0.3) is 5.91 Å². The number of rotatable bonds is 7. The minimum absolute atomic E-state index is 0.0698.